The molecule has 5 rings (SSSR count). The van der Waals surface area contributed by atoms with E-state index in [0.29, 0.717) is 11.1 Å². The SMILES string of the molecule is O=c1[nH]c2c(Cl)cc3c(c2[nH]1)[C@H]1c2ccccc2CC[C@@H]1NCC3. The normalized spacial score (nSPS) is 22.5. The monoisotopic (exact) mass is 339 g/mol. The second-order valence-electron chi connectivity index (χ2n) is 6.79. The van der Waals surface area contributed by atoms with Crippen LogP contribution in [0, 0.1) is 0 Å². The van der Waals surface area contributed by atoms with Crippen molar-refractivity contribution in [3.05, 3.63) is 68.1 Å². The fraction of sp³-hybridized carbons (Fsp3) is 0.316. The predicted molar refractivity (Wildman–Crippen MR) is 96.0 cm³/mol. The summed E-state index contributed by atoms with van der Waals surface area (Å²) in [6, 6.07) is 11.1. The summed E-state index contributed by atoms with van der Waals surface area (Å²) in [5.74, 6) is 0.249. The van der Waals surface area contributed by atoms with E-state index in [-0.39, 0.29) is 11.6 Å². The van der Waals surface area contributed by atoms with Gasteiger partial charge in [0.2, 0.25) is 0 Å². The molecule has 24 heavy (non-hydrogen) atoms. The number of rotatable bonds is 0. The Morgan fingerprint density at radius 2 is 1.88 bits per heavy atom. The molecule has 0 fully saturated rings. The standard InChI is InChI=1S/C19H18ClN3O/c20-13-9-11-7-8-21-14-6-5-10-3-1-2-4-12(10)16(14)15(11)18-17(13)22-19(24)23-18/h1-4,9,14,16,21H,5-8H2,(H2,22,23,24)/t14-,16-/m0/s1. The van der Waals surface area contributed by atoms with Gasteiger partial charge < -0.3 is 15.3 Å². The van der Waals surface area contributed by atoms with E-state index in [9.17, 15) is 4.79 Å². The van der Waals surface area contributed by atoms with Crippen LogP contribution in [-0.2, 0) is 12.8 Å². The lowest BCUT2D eigenvalue weighted by Gasteiger charge is -2.34. The summed E-state index contributed by atoms with van der Waals surface area (Å²) in [7, 11) is 0. The molecular weight excluding hydrogens is 322 g/mol. The van der Waals surface area contributed by atoms with Crippen LogP contribution in [0.5, 0.6) is 0 Å². The fourth-order valence-electron chi connectivity index (χ4n) is 4.52. The van der Waals surface area contributed by atoms with Crippen molar-refractivity contribution >= 4 is 22.6 Å². The molecule has 1 aromatic heterocycles. The van der Waals surface area contributed by atoms with Gasteiger partial charge >= 0.3 is 5.69 Å². The number of nitrogens with one attached hydrogen (secondary N) is 3. The number of hydrogen-bond acceptors (Lipinski definition) is 2. The molecule has 5 heteroatoms. The van der Waals surface area contributed by atoms with Gasteiger partial charge in [0.25, 0.3) is 0 Å². The minimum absolute atomic E-state index is 0.196. The van der Waals surface area contributed by atoms with Crippen LogP contribution in [0.4, 0.5) is 0 Å². The Morgan fingerprint density at radius 1 is 1.04 bits per heavy atom. The number of aryl methyl sites for hydroxylation is 1. The number of imidazole rings is 1. The lowest BCUT2D eigenvalue weighted by atomic mass is 9.74. The molecule has 2 atom stereocenters. The maximum absolute atomic E-state index is 11.9. The number of H-pyrrole nitrogens is 2. The van der Waals surface area contributed by atoms with Crippen molar-refractivity contribution in [2.45, 2.75) is 31.2 Å². The Hall–Kier alpha value is -2.04. The summed E-state index contributed by atoms with van der Waals surface area (Å²) in [4.78, 5) is 17.8. The summed E-state index contributed by atoms with van der Waals surface area (Å²) in [5.41, 5.74) is 6.65. The number of aromatic amines is 2. The van der Waals surface area contributed by atoms with Gasteiger partial charge in [0.1, 0.15) is 0 Å². The van der Waals surface area contributed by atoms with Crippen molar-refractivity contribution in [3.63, 3.8) is 0 Å². The molecule has 2 aliphatic rings. The number of halogens is 1. The maximum atomic E-state index is 11.9. The van der Waals surface area contributed by atoms with E-state index in [1.54, 1.807) is 0 Å². The number of aromatic nitrogens is 2. The third-order valence-electron chi connectivity index (χ3n) is 5.51. The summed E-state index contributed by atoms with van der Waals surface area (Å²) in [6.45, 7) is 0.937. The Morgan fingerprint density at radius 3 is 2.79 bits per heavy atom. The molecule has 4 nitrogen and oxygen atoms in total. The molecule has 122 valence electrons. The summed E-state index contributed by atoms with van der Waals surface area (Å²) in [6.07, 6.45) is 3.13. The van der Waals surface area contributed by atoms with Crippen LogP contribution >= 0.6 is 11.6 Å². The highest BCUT2D eigenvalue weighted by Gasteiger charge is 2.35. The predicted octanol–water partition coefficient (Wildman–Crippen LogP) is 3.10. The molecule has 0 saturated carbocycles. The lowest BCUT2D eigenvalue weighted by molar-refractivity contribution is 0.435. The minimum atomic E-state index is -0.196. The zero-order valence-electron chi connectivity index (χ0n) is 13.2. The molecule has 3 N–H and O–H groups in total. The van der Waals surface area contributed by atoms with Crippen LogP contribution in [0.25, 0.3) is 11.0 Å². The second-order valence-corrected chi connectivity index (χ2v) is 7.19. The number of fused-ring (bicyclic) bond motifs is 7. The van der Waals surface area contributed by atoms with Crippen molar-refractivity contribution in [1.82, 2.24) is 15.3 Å². The third kappa shape index (κ3) is 2.00. The highest BCUT2D eigenvalue weighted by atomic mass is 35.5. The first kappa shape index (κ1) is 14.3. The van der Waals surface area contributed by atoms with Gasteiger partial charge in [-0.2, -0.15) is 0 Å². The molecule has 2 heterocycles. The van der Waals surface area contributed by atoms with Crippen molar-refractivity contribution in [2.24, 2.45) is 0 Å². The zero-order valence-corrected chi connectivity index (χ0v) is 13.9. The van der Waals surface area contributed by atoms with E-state index >= 15 is 0 Å². The third-order valence-corrected chi connectivity index (χ3v) is 5.81. The molecule has 1 aliphatic carbocycles. The van der Waals surface area contributed by atoms with Crippen LogP contribution in [0.1, 0.15) is 34.6 Å². The Labute approximate surface area is 144 Å². The van der Waals surface area contributed by atoms with Gasteiger partial charge in [-0.1, -0.05) is 35.9 Å². The number of benzene rings is 2. The van der Waals surface area contributed by atoms with E-state index in [0.717, 1.165) is 36.8 Å². The van der Waals surface area contributed by atoms with E-state index in [1.807, 2.05) is 6.07 Å². The summed E-state index contributed by atoms with van der Waals surface area (Å²) in [5, 5.41) is 4.33. The molecular formula is C19H18ClN3O. The van der Waals surface area contributed by atoms with E-state index < -0.39 is 0 Å². The quantitative estimate of drug-likeness (QED) is 0.589. The van der Waals surface area contributed by atoms with Crippen LogP contribution in [0.3, 0.4) is 0 Å². The van der Waals surface area contributed by atoms with Crippen LogP contribution in [0.15, 0.2) is 35.1 Å². The van der Waals surface area contributed by atoms with Gasteiger partial charge in [-0.25, -0.2) is 4.79 Å². The highest BCUT2D eigenvalue weighted by molar-refractivity contribution is 6.35. The van der Waals surface area contributed by atoms with Gasteiger partial charge in [-0.15, -0.1) is 0 Å². The maximum Gasteiger partial charge on any atom is 0.323 e. The molecule has 1 aliphatic heterocycles. The molecule has 0 radical (unpaired) electrons. The Bertz CT molecular complexity index is 1000. The molecule has 0 spiro atoms. The molecule has 0 amide bonds. The molecule has 2 aromatic carbocycles. The van der Waals surface area contributed by atoms with Crippen molar-refractivity contribution in [2.75, 3.05) is 6.54 Å². The summed E-state index contributed by atoms with van der Waals surface area (Å²) >= 11 is 6.43. The van der Waals surface area contributed by atoms with Crippen LogP contribution < -0.4 is 11.0 Å². The second kappa shape index (κ2) is 5.23. The van der Waals surface area contributed by atoms with E-state index in [1.165, 1.54) is 22.3 Å². The van der Waals surface area contributed by atoms with Gasteiger partial charge in [-0.3, -0.25) is 0 Å². The average Bonchev–Trinajstić information content (AvgIpc) is 2.88. The van der Waals surface area contributed by atoms with Crippen LogP contribution in [-0.4, -0.2) is 22.6 Å². The first-order chi connectivity index (χ1) is 11.7. The molecule has 3 aromatic rings. The van der Waals surface area contributed by atoms with Gasteiger partial charge in [-0.05, 0) is 54.1 Å². The first-order valence-electron chi connectivity index (χ1n) is 8.47. The minimum Gasteiger partial charge on any atom is -0.313 e. The van der Waals surface area contributed by atoms with E-state index in [4.69, 9.17) is 11.6 Å². The molecule has 0 saturated heterocycles. The van der Waals surface area contributed by atoms with Crippen LogP contribution in [0.2, 0.25) is 5.02 Å². The van der Waals surface area contributed by atoms with Gasteiger partial charge in [0.15, 0.2) is 0 Å². The Balaban J connectivity index is 1.86. The summed E-state index contributed by atoms with van der Waals surface area (Å²) < 4.78 is 0. The average molecular weight is 340 g/mol. The number of hydrogen-bond donors (Lipinski definition) is 3. The van der Waals surface area contributed by atoms with E-state index in [2.05, 4.69) is 39.6 Å². The molecule has 0 bridgehead atoms. The Kier molecular flexibility index (Phi) is 3.12. The van der Waals surface area contributed by atoms with Crippen molar-refractivity contribution in [1.29, 1.82) is 0 Å². The zero-order chi connectivity index (χ0) is 16.3. The fourth-order valence-corrected chi connectivity index (χ4v) is 4.79. The topological polar surface area (TPSA) is 60.7 Å². The largest absolute Gasteiger partial charge is 0.323 e. The first-order valence-corrected chi connectivity index (χ1v) is 8.84. The molecule has 0 unspecified atom stereocenters. The van der Waals surface area contributed by atoms with Gasteiger partial charge in [0.05, 0.1) is 16.1 Å². The lowest BCUT2D eigenvalue weighted by Crippen LogP contribution is -2.38. The van der Waals surface area contributed by atoms with Crippen molar-refractivity contribution in [3.8, 4) is 0 Å². The van der Waals surface area contributed by atoms with Crippen molar-refractivity contribution < 1.29 is 0 Å². The highest BCUT2D eigenvalue weighted by Crippen LogP contribution is 2.43. The van der Waals surface area contributed by atoms with Gasteiger partial charge in [0, 0.05) is 12.0 Å². The smallest absolute Gasteiger partial charge is 0.313 e.